The monoisotopic (exact) mass is 647 g/mol. The third-order valence-electron chi connectivity index (χ3n) is 13.8. The van der Waals surface area contributed by atoms with Crippen molar-refractivity contribution in [2.45, 2.75) is 152 Å². The molecule has 9 aliphatic rings. The Labute approximate surface area is 271 Å². The number of hydrogen-bond donors (Lipinski definition) is 8. The van der Waals surface area contributed by atoms with Gasteiger partial charge in [-0.15, -0.1) is 0 Å². The Kier molecular flexibility index (Phi) is 9.63. The molecule has 8 atom stereocenters. The van der Waals surface area contributed by atoms with Crippen LogP contribution in [0.15, 0.2) is 0 Å². The second-order valence-corrected chi connectivity index (χ2v) is 15.6. The summed E-state index contributed by atoms with van der Waals surface area (Å²) in [6, 6.07) is 0. The molecular formula is C32H56CuN8S. The minimum Gasteiger partial charge on any atom is -2.00 e. The normalized spacial score (nSPS) is 54.9. The van der Waals surface area contributed by atoms with Crippen molar-refractivity contribution in [2.75, 3.05) is 0 Å². The minimum absolute atomic E-state index is 0. The van der Waals surface area contributed by atoms with E-state index in [1.807, 2.05) is 0 Å². The fraction of sp³-hybridized carbons (Fsp3) is 1.00. The van der Waals surface area contributed by atoms with Gasteiger partial charge in [0.1, 0.15) is 0 Å². The molecule has 5 saturated heterocycles. The molecule has 0 spiro atoms. The minimum atomic E-state index is 0. The molecule has 5 heterocycles. The van der Waals surface area contributed by atoms with Gasteiger partial charge in [-0.2, -0.15) is 0 Å². The van der Waals surface area contributed by atoms with Gasteiger partial charge >= 0.3 is 17.1 Å². The summed E-state index contributed by atoms with van der Waals surface area (Å²) in [6.07, 6.45) is 25.6. The quantitative estimate of drug-likeness (QED) is 0.190. The molecular weight excluding hydrogens is 592 g/mol. The molecule has 8 bridgehead atoms. The van der Waals surface area contributed by atoms with Crippen molar-refractivity contribution < 1.29 is 17.1 Å². The van der Waals surface area contributed by atoms with Crippen LogP contribution in [-0.2, 0) is 30.6 Å². The van der Waals surface area contributed by atoms with Crippen molar-refractivity contribution in [3.63, 3.8) is 0 Å². The van der Waals surface area contributed by atoms with E-state index < -0.39 is 0 Å². The van der Waals surface area contributed by atoms with Crippen molar-refractivity contribution in [1.29, 1.82) is 0 Å². The van der Waals surface area contributed by atoms with Crippen LogP contribution in [0.5, 0.6) is 0 Å². The molecule has 0 aromatic rings. The smallest absolute Gasteiger partial charge is 2.00 e. The molecule has 42 heavy (non-hydrogen) atoms. The fourth-order valence-corrected chi connectivity index (χ4v) is 12.0. The zero-order valence-electron chi connectivity index (χ0n) is 25.3. The van der Waals surface area contributed by atoms with Gasteiger partial charge in [0.15, 0.2) is 0 Å². The van der Waals surface area contributed by atoms with E-state index in [-0.39, 0.29) is 30.6 Å². The second kappa shape index (κ2) is 13.0. The molecule has 1 radical (unpaired) electrons. The zero-order chi connectivity index (χ0) is 26.2. The van der Waals surface area contributed by atoms with Gasteiger partial charge in [0.2, 0.25) is 0 Å². The third-order valence-corrected chi connectivity index (χ3v) is 13.8. The molecule has 4 aliphatic carbocycles. The van der Waals surface area contributed by atoms with Gasteiger partial charge in [-0.25, -0.2) is 0 Å². The predicted octanol–water partition coefficient (Wildman–Crippen LogP) is 2.60. The summed E-state index contributed by atoms with van der Waals surface area (Å²) < 4.78 is 0. The van der Waals surface area contributed by atoms with Gasteiger partial charge < -0.3 is 13.5 Å². The van der Waals surface area contributed by atoms with E-state index in [0.29, 0.717) is 49.3 Å². The predicted molar refractivity (Wildman–Crippen MR) is 165 cm³/mol. The first-order valence-corrected chi connectivity index (χ1v) is 17.9. The maximum atomic E-state index is 4.26. The van der Waals surface area contributed by atoms with Crippen LogP contribution in [-0.4, -0.2) is 49.3 Å². The average molecular weight is 648 g/mol. The van der Waals surface area contributed by atoms with Crippen LogP contribution in [0.1, 0.15) is 103 Å². The summed E-state index contributed by atoms with van der Waals surface area (Å²) in [7, 11) is 0. The van der Waals surface area contributed by atoms with Crippen LogP contribution in [0, 0.1) is 47.3 Å². The van der Waals surface area contributed by atoms with Crippen LogP contribution < -0.4 is 42.5 Å². The number of nitrogens with one attached hydrogen (secondary N) is 8. The van der Waals surface area contributed by atoms with Gasteiger partial charge in [0, 0.05) is 0 Å². The van der Waals surface area contributed by atoms with Crippen LogP contribution >= 0.6 is 0 Å². The molecule has 0 aromatic carbocycles. The molecule has 0 amide bonds. The van der Waals surface area contributed by atoms with E-state index >= 15 is 0 Å². The summed E-state index contributed by atoms with van der Waals surface area (Å²) in [5.41, 5.74) is 0. The molecule has 0 aromatic heterocycles. The van der Waals surface area contributed by atoms with E-state index in [2.05, 4.69) is 42.5 Å². The van der Waals surface area contributed by atoms with Gasteiger partial charge in [-0.05, 0) is 98.7 Å². The Bertz CT molecular complexity index is 723. The standard InChI is InChI=1S/C32H56N8.Cu.S/c1-2-10-18-17(9-1)25-33-26(18)38-28-21-13-5-6-14-22(21)30(35-28)40-32-24-16-8-7-15-23(24)31(36-32)39-29-20-12-4-3-11-19(20)27(34-29)37-25;;/h17-40H,1-16H2;;/q;+2;-2. The zero-order valence-corrected chi connectivity index (χ0v) is 27.0. The van der Waals surface area contributed by atoms with Crippen molar-refractivity contribution in [3.05, 3.63) is 0 Å². The molecule has 8 unspecified atom stereocenters. The van der Waals surface area contributed by atoms with Crippen molar-refractivity contribution in [3.8, 4) is 0 Å². The molecule has 9 fully saturated rings. The summed E-state index contributed by atoms with van der Waals surface area (Å²) in [5, 5.41) is 33.8. The summed E-state index contributed by atoms with van der Waals surface area (Å²) >= 11 is 0. The van der Waals surface area contributed by atoms with E-state index in [9.17, 15) is 0 Å². The first kappa shape index (κ1) is 31.2. The Morgan fingerprint density at radius 3 is 0.476 bits per heavy atom. The average Bonchev–Trinajstić information content (AvgIpc) is 3.73. The van der Waals surface area contributed by atoms with Crippen molar-refractivity contribution in [1.82, 2.24) is 42.5 Å². The molecule has 241 valence electrons. The Morgan fingerprint density at radius 2 is 0.357 bits per heavy atom. The van der Waals surface area contributed by atoms with Crippen LogP contribution in [0.25, 0.3) is 0 Å². The van der Waals surface area contributed by atoms with E-state index in [1.54, 1.807) is 0 Å². The summed E-state index contributed by atoms with van der Waals surface area (Å²) in [6.45, 7) is 0. The maximum Gasteiger partial charge on any atom is 2.00 e. The topological polar surface area (TPSA) is 96.2 Å². The third kappa shape index (κ3) is 5.38. The van der Waals surface area contributed by atoms with Crippen LogP contribution in [0.3, 0.4) is 0 Å². The molecule has 10 heteroatoms. The van der Waals surface area contributed by atoms with Crippen molar-refractivity contribution in [2.24, 2.45) is 47.3 Å². The first-order valence-electron chi connectivity index (χ1n) is 17.9. The Hall–Kier alpha value is 0.549. The molecule has 5 aliphatic heterocycles. The van der Waals surface area contributed by atoms with Gasteiger partial charge in [0.05, 0.1) is 49.3 Å². The van der Waals surface area contributed by atoms with Gasteiger partial charge in [-0.1, -0.05) is 51.4 Å². The molecule has 4 saturated carbocycles. The molecule has 8 N–H and O–H groups in total. The van der Waals surface area contributed by atoms with E-state index in [0.717, 1.165) is 47.3 Å². The summed E-state index contributed by atoms with van der Waals surface area (Å²) in [5.74, 6) is 5.97. The Morgan fingerprint density at radius 1 is 0.238 bits per heavy atom. The number of rotatable bonds is 0. The number of fused-ring (bicyclic) bond motifs is 20. The van der Waals surface area contributed by atoms with E-state index in [1.165, 1.54) is 103 Å². The Balaban J connectivity index is 0.00000144. The van der Waals surface area contributed by atoms with Crippen LogP contribution in [0.4, 0.5) is 0 Å². The molecule has 9 rings (SSSR count). The van der Waals surface area contributed by atoms with Gasteiger partial charge in [-0.3, -0.25) is 42.5 Å². The van der Waals surface area contributed by atoms with E-state index in [4.69, 9.17) is 0 Å². The maximum absolute atomic E-state index is 4.26. The van der Waals surface area contributed by atoms with Gasteiger partial charge in [0.25, 0.3) is 0 Å². The van der Waals surface area contributed by atoms with Crippen LogP contribution in [0.2, 0.25) is 0 Å². The van der Waals surface area contributed by atoms with Crippen molar-refractivity contribution >= 4 is 13.5 Å². The fourth-order valence-electron chi connectivity index (χ4n) is 12.0. The number of hydrogen-bond acceptors (Lipinski definition) is 8. The summed E-state index contributed by atoms with van der Waals surface area (Å²) in [4.78, 5) is 0. The first-order chi connectivity index (χ1) is 19.8. The second-order valence-electron chi connectivity index (χ2n) is 15.6. The SMILES string of the molecule is C1CCC2C3NC(NC4NC(NC5NC(NC6NC(N3)C3CCCCC63)C3CCCCC53)C3CCCCC43)C2C1.[Cu+2].[S-2]. The molecule has 8 nitrogen and oxygen atoms in total. The largest absolute Gasteiger partial charge is 2.00 e.